The van der Waals surface area contributed by atoms with Gasteiger partial charge < -0.3 is 5.32 Å². The summed E-state index contributed by atoms with van der Waals surface area (Å²) in [6.45, 7) is 3.76. The topological polar surface area (TPSA) is 64.7 Å². The van der Waals surface area contributed by atoms with Gasteiger partial charge in [-0.15, -0.1) is 0 Å². The van der Waals surface area contributed by atoms with E-state index in [2.05, 4.69) is 15.5 Å². The smallest absolute Gasteiger partial charge is 0.282 e. The first kappa shape index (κ1) is 20.6. The Kier molecular flexibility index (Phi) is 6.00. The van der Waals surface area contributed by atoms with Crippen LogP contribution >= 0.6 is 0 Å². The van der Waals surface area contributed by atoms with Gasteiger partial charge in [-0.3, -0.25) is 14.2 Å². The van der Waals surface area contributed by atoms with Crippen LogP contribution in [0.4, 0.5) is 23.4 Å². The second-order valence-electron chi connectivity index (χ2n) is 6.53. The minimum Gasteiger partial charge on any atom is -0.307 e. The molecule has 3 aromatic rings. The van der Waals surface area contributed by atoms with Crippen molar-refractivity contribution in [2.75, 3.05) is 5.32 Å². The molecule has 1 atom stereocenters. The van der Waals surface area contributed by atoms with Crippen molar-refractivity contribution in [3.8, 4) is 0 Å². The first-order valence-electron chi connectivity index (χ1n) is 8.80. The molecule has 1 amide bonds. The van der Waals surface area contributed by atoms with Crippen LogP contribution in [0.2, 0.25) is 0 Å². The van der Waals surface area contributed by atoms with Crippen molar-refractivity contribution in [2.24, 2.45) is 0 Å². The lowest BCUT2D eigenvalue weighted by atomic mass is 10.1. The highest BCUT2D eigenvalue weighted by Gasteiger charge is 2.27. The summed E-state index contributed by atoms with van der Waals surface area (Å²) in [5.74, 6) is -0.479. The van der Waals surface area contributed by atoms with Crippen LogP contribution in [-0.2, 0) is 11.3 Å². The predicted molar refractivity (Wildman–Crippen MR) is 98.0 cm³/mol. The van der Waals surface area contributed by atoms with E-state index in [1.54, 1.807) is 16.9 Å². The molecule has 3 rings (SSSR count). The molecule has 0 aliphatic rings. The third-order valence-corrected chi connectivity index (χ3v) is 4.46. The number of nitrogens with one attached hydrogen (secondary N) is 1. The van der Waals surface area contributed by atoms with Gasteiger partial charge in [-0.25, -0.2) is 17.6 Å². The van der Waals surface area contributed by atoms with Crippen LogP contribution < -0.4 is 5.32 Å². The monoisotopic (exact) mass is 409 g/mol. The van der Waals surface area contributed by atoms with E-state index in [0.717, 1.165) is 11.1 Å². The van der Waals surface area contributed by atoms with Crippen LogP contribution in [0.25, 0.3) is 0 Å². The van der Waals surface area contributed by atoms with E-state index in [1.165, 1.54) is 6.92 Å². The van der Waals surface area contributed by atoms with E-state index in [0.29, 0.717) is 17.3 Å². The average molecular weight is 409 g/mol. The van der Waals surface area contributed by atoms with Gasteiger partial charge in [-0.1, -0.05) is 24.3 Å². The molecule has 1 N–H and O–H groups in total. The Morgan fingerprint density at radius 2 is 1.83 bits per heavy atom. The average Bonchev–Trinajstić information content (AvgIpc) is 3.30. The number of anilines is 1. The number of benzene rings is 1. The number of rotatable bonds is 7. The number of amides is 1. The molecule has 0 radical (unpaired) electrons. The standard InChI is InChI=1S/C19H19F4N5O/c1-11-5-3-4-6-13(11)10-27-8-7-16(26-27)24-19(29)12(2)28-15(18(22)23)9-14(25-28)17(20)21/h3-9,12,17-18H,10H2,1-2H3,(H,24,26,29). The Morgan fingerprint density at radius 1 is 1.10 bits per heavy atom. The minimum atomic E-state index is -3.04. The van der Waals surface area contributed by atoms with Crippen molar-refractivity contribution in [1.29, 1.82) is 0 Å². The van der Waals surface area contributed by atoms with Crippen molar-refractivity contribution in [1.82, 2.24) is 19.6 Å². The van der Waals surface area contributed by atoms with Crippen LogP contribution in [0.5, 0.6) is 0 Å². The summed E-state index contributed by atoms with van der Waals surface area (Å²) in [5, 5.41) is 10.2. The molecule has 6 nitrogen and oxygen atoms in total. The van der Waals surface area contributed by atoms with Crippen molar-refractivity contribution < 1.29 is 22.4 Å². The van der Waals surface area contributed by atoms with Crippen LogP contribution in [0.3, 0.4) is 0 Å². The summed E-state index contributed by atoms with van der Waals surface area (Å²) in [6.07, 6.45) is -4.39. The van der Waals surface area contributed by atoms with E-state index in [1.807, 2.05) is 31.2 Å². The van der Waals surface area contributed by atoms with Crippen molar-refractivity contribution in [2.45, 2.75) is 39.3 Å². The number of carbonyl (C=O) groups excluding carboxylic acids is 1. The lowest BCUT2D eigenvalue weighted by molar-refractivity contribution is -0.119. The SMILES string of the molecule is Cc1ccccc1Cn1ccc(NC(=O)C(C)n2nc(C(F)F)cc2C(F)F)n1. The van der Waals surface area contributed by atoms with Crippen LogP contribution in [0, 0.1) is 6.92 Å². The molecule has 29 heavy (non-hydrogen) atoms. The Bertz CT molecular complexity index is 998. The van der Waals surface area contributed by atoms with Gasteiger partial charge in [0.15, 0.2) is 5.82 Å². The highest BCUT2D eigenvalue weighted by atomic mass is 19.3. The Hall–Kier alpha value is -3.17. The van der Waals surface area contributed by atoms with Crippen LogP contribution in [-0.4, -0.2) is 25.5 Å². The fourth-order valence-electron chi connectivity index (χ4n) is 2.83. The van der Waals surface area contributed by atoms with Crippen molar-refractivity contribution >= 4 is 11.7 Å². The number of halogens is 4. The van der Waals surface area contributed by atoms with E-state index >= 15 is 0 Å². The minimum absolute atomic E-state index is 0.218. The zero-order chi connectivity index (χ0) is 21.1. The first-order valence-corrected chi connectivity index (χ1v) is 8.80. The summed E-state index contributed by atoms with van der Waals surface area (Å²) < 4.78 is 54.1. The van der Waals surface area contributed by atoms with Gasteiger partial charge in [0.2, 0.25) is 5.91 Å². The number of carbonyl (C=O) groups is 1. The van der Waals surface area contributed by atoms with Crippen molar-refractivity contribution in [3.05, 3.63) is 65.1 Å². The van der Waals surface area contributed by atoms with Gasteiger partial charge in [0, 0.05) is 12.3 Å². The van der Waals surface area contributed by atoms with Gasteiger partial charge in [-0.2, -0.15) is 10.2 Å². The molecule has 154 valence electrons. The number of nitrogens with zero attached hydrogens (tertiary/aromatic N) is 4. The molecule has 0 aliphatic heterocycles. The molecular formula is C19H19F4N5O. The molecule has 0 spiro atoms. The lowest BCUT2D eigenvalue weighted by Gasteiger charge is -2.14. The molecule has 1 unspecified atom stereocenters. The van der Waals surface area contributed by atoms with Crippen LogP contribution in [0.15, 0.2) is 42.6 Å². The fourth-order valence-corrected chi connectivity index (χ4v) is 2.83. The summed E-state index contributed by atoms with van der Waals surface area (Å²) in [5.41, 5.74) is 0.602. The summed E-state index contributed by atoms with van der Waals surface area (Å²) >= 11 is 0. The predicted octanol–water partition coefficient (Wildman–Crippen LogP) is 4.51. The van der Waals surface area contributed by atoms with Gasteiger partial charge >= 0.3 is 0 Å². The zero-order valence-electron chi connectivity index (χ0n) is 15.7. The van der Waals surface area contributed by atoms with Gasteiger partial charge in [0.25, 0.3) is 12.9 Å². The number of hydrogen-bond donors (Lipinski definition) is 1. The molecular weight excluding hydrogens is 390 g/mol. The Morgan fingerprint density at radius 3 is 2.48 bits per heavy atom. The number of aryl methyl sites for hydroxylation is 1. The van der Waals surface area contributed by atoms with E-state index in [-0.39, 0.29) is 5.82 Å². The van der Waals surface area contributed by atoms with Gasteiger partial charge in [0.1, 0.15) is 17.4 Å². The quantitative estimate of drug-likeness (QED) is 0.584. The van der Waals surface area contributed by atoms with Crippen LogP contribution in [0.1, 0.15) is 48.3 Å². The van der Waals surface area contributed by atoms with E-state index < -0.39 is 36.2 Å². The second kappa shape index (κ2) is 8.46. The zero-order valence-corrected chi connectivity index (χ0v) is 15.7. The van der Waals surface area contributed by atoms with Gasteiger partial charge in [-0.05, 0) is 31.0 Å². The highest BCUT2D eigenvalue weighted by molar-refractivity contribution is 5.92. The van der Waals surface area contributed by atoms with E-state index in [9.17, 15) is 22.4 Å². The molecule has 10 heteroatoms. The molecule has 2 aromatic heterocycles. The maximum atomic E-state index is 13.1. The fraction of sp³-hybridized carbons (Fsp3) is 0.316. The third kappa shape index (κ3) is 4.64. The Balaban J connectivity index is 1.72. The van der Waals surface area contributed by atoms with E-state index in [4.69, 9.17) is 0 Å². The Labute approximate surface area is 164 Å². The third-order valence-electron chi connectivity index (χ3n) is 4.46. The lowest BCUT2D eigenvalue weighted by Crippen LogP contribution is -2.26. The highest BCUT2D eigenvalue weighted by Crippen LogP contribution is 2.27. The molecule has 0 saturated heterocycles. The molecule has 0 fully saturated rings. The number of alkyl halides is 4. The normalized spacial score (nSPS) is 12.6. The first-order chi connectivity index (χ1) is 13.8. The molecule has 1 aromatic carbocycles. The summed E-state index contributed by atoms with van der Waals surface area (Å²) in [4.78, 5) is 12.4. The van der Waals surface area contributed by atoms with Gasteiger partial charge in [0.05, 0.1) is 6.54 Å². The number of aromatic nitrogens is 4. The largest absolute Gasteiger partial charge is 0.307 e. The van der Waals surface area contributed by atoms with Crippen molar-refractivity contribution in [3.63, 3.8) is 0 Å². The summed E-state index contributed by atoms with van der Waals surface area (Å²) in [7, 11) is 0. The summed E-state index contributed by atoms with van der Waals surface area (Å²) in [6, 6.07) is 8.71. The second-order valence-corrected chi connectivity index (χ2v) is 6.53. The maximum absolute atomic E-state index is 13.1. The molecule has 2 heterocycles. The number of hydrogen-bond acceptors (Lipinski definition) is 3. The molecule has 0 bridgehead atoms. The molecule has 0 aliphatic carbocycles. The maximum Gasteiger partial charge on any atom is 0.282 e. The molecule has 0 saturated carbocycles.